The Morgan fingerprint density at radius 3 is 2.50 bits per heavy atom. The summed E-state index contributed by atoms with van der Waals surface area (Å²) >= 11 is 0. The van der Waals surface area contributed by atoms with Crippen molar-refractivity contribution in [1.82, 2.24) is 15.5 Å². The maximum absolute atomic E-state index is 11.9. The van der Waals surface area contributed by atoms with Crippen LogP contribution in [0, 0.1) is 0 Å². The van der Waals surface area contributed by atoms with Gasteiger partial charge in [-0.25, -0.2) is 0 Å². The van der Waals surface area contributed by atoms with Gasteiger partial charge < -0.3 is 15.5 Å². The molecule has 1 aliphatic rings. The number of nitrogens with zero attached hydrogens (tertiary/aromatic N) is 2. The van der Waals surface area contributed by atoms with Crippen molar-refractivity contribution < 1.29 is 4.79 Å². The zero-order valence-corrected chi connectivity index (χ0v) is 19.7. The molecule has 1 aromatic carbocycles. The minimum absolute atomic E-state index is 0. The van der Waals surface area contributed by atoms with Crippen LogP contribution in [0.2, 0.25) is 0 Å². The standard InChI is InChI=1S/C22H34N4O.HI/c1-4-18(3)25-21(27)11-14-24-22(23-5-2)26-15-12-20(13-16-26)17-19-9-7-6-8-10-19;/h6-10,17-18H,4-5,11-16H2,1-3H3,(H,23,24)(H,25,27);1H. The molecule has 0 radical (unpaired) electrons. The summed E-state index contributed by atoms with van der Waals surface area (Å²) in [5, 5.41) is 6.36. The van der Waals surface area contributed by atoms with Crippen LogP contribution in [0.1, 0.15) is 52.0 Å². The third-order valence-corrected chi connectivity index (χ3v) is 4.83. The molecule has 156 valence electrons. The fraction of sp³-hybridized carbons (Fsp3) is 0.545. The second-order valence-corrected chi connectivity index (χ2v) is 7.06. The fourth-order valence-electron chi connectivity index (χ4n) is 3.07. The summed E-state index contributed by atoms with van der Waals surface area (Å²) in [4.78, 5) is 18.9. The molecule has 1 unspecified atom stereocenters. The quantitative estimate of drug-likeness (QED) is 0.339. The molecule has 0 bridgehead atoms. The molecule has 6 heteroatoms. The number of likely N-dealkylation sites (tertiary alicyclic amines) is 1. The van der Waals surface area contributed by atoms with Crippen LogP contribution in [0.5, 0.6) is 0 Å². The minimum atomic E-state index is 0. The number of aliphatic imine (C=N–C) groups is 1. The molecule has 0 spiro atoms. The van der Waals surface area contributed by atoms with Crippen LogP contribution in [0.4, 0.5) is 0 Å². The molecule has 0 aliphatic carbocycles. The van der Waals surface area contributed by atoms with Gasteiger partial charge in [0.05, 0.1) is 6.54 Å². The lowest BCUT2D eigenvalue weighted by atomic mass is 10.0. The number of halogens is 1. The molecule has 28 heavy (non-hydrogen) atoms. The molecular weight excluding hydrogens is 463 g/mol. The summed E-state index contributed by atoms with van der Waals surface area (Å²) < 4.78 is 0. The molecule has 1 aromatic rings. The number of carbonyl (C=O) groups is 1. The Hall–Kier alpha value is -1.57. The van der Waals surface area contributed by atoms with E-state index >= 15 is 0 Å². The number of rotatable bonds is 7. The molecular formula is C22H35IN4O. The zero-order valence-electron chi connectivity index (χ0n) is 17.4. The van der Waals surface area contributed by atoms with E-state index in [1.165, 1.54) is 11.1 Å². The van der Waals surface area contributed by atoms with Crippen LogP contribution in [0.25, 0.3) is 6.08 Å². The van der Waals surface area contributed by atoms with Gasteiger partial charge in [-0.05, 0) is 38.7 Å². The fourth-order valence-corrected chi connectivity index (χ4v) is 3.07. The van der Waals surface area contributed by atoms with Gasteiger partial charge in [0, 0.05) is 32.1 Å². The van der Waals surface area contributed by atoms with Crippen LogP contribution >= 0.6 is 24.0 Å². The van der Waals surface area contributed by atoms with Crippen LogP contribution in [0.15, 0.2) is 40.9 Å². The predicted octanol–water partition coefficient (Wildman–Crippen LogP) is 4.05. The number of hydrogen-bond donors (Lipinski definition) is 2. The topological polar surface area (TPSA) is 56.7 Å². The van der Waals surface area contributed by atoms with Gasteiger partial charge in [-0.15, -0.1) is 24.0 Å². The molecule has 1 amide bonds. The summed E-state index contributed by atoms with van der Waals surface area (Å²) in [6.07, 6.45) is 5.79. The average Bonchev–Trinajstić information content (AvgIpc) is 2.68. The highest BCUT2D eigenvalue weighted by Gasteiger charge is 2.17. The predicted molar refractivity (Wildman–Crippen MR) is 129 cm³/mol. The molecule has 1 aliphatic heterocycles. The number of nitrogens with one attached hydrogen (secondary N) is 2. The van der Waals surface area contributed by atoms with Crippen LogP contribution in [-0.4, -0.2) is 49.0 Å². The van der Waals surface area contributed by atoms with E-state index < -0.39 is 0 Å². The van der Waals surface area contributed by atoms with Crippen LogP contribution in [0.3, 0.4) is 0 Å². The lowest BCUT2D eigenvalue weighted by molar-refractivity contribution is -0.121. The first kappa shape index (κ1) is 24.5. The number of benzene rings is 1. The first-order chi connectivity index (χ1) is 13.1. The monoisotopic (exact) mass is 498 g/mol. The normalized spacial score (nSPS) is 15.5. The Morgan fingerprint density at radius 2 is 1.89 bits per heavy atom. The summed E-state index contributed by atoms with van der Waals surface area (Å²) in [6, 6.07) is 10.7. The molecule has 0 saturated carbocycles. The zero-order chi connectivity index (χ0) is 19.5. The maximum Gasteiger partial charge on any atom is 0.222 e. The second kappa shape index (κ2) is 13.6. The Bertz CT molecular complexity index is 635. The van der Waals surface area contributed by atoms with Gasteiger partial charge in [0.15, 0.2) is 5.96 Å². The lowest BCUT2D eigenvalue weighted by Gasteiger charge is -2.31. The van der Waals surface area contributed by atoms with Crippen LogP contribution in [-0.2, 0) is 4.79 Å². The highest BCUT2D eigenvalue weighted by atomic mass is 127. The van der Waals surface area contributed by atoms with Crippen molar-refractivity contribution in [3.8, 4) is 0 Å². The molecule has 2 rings (SSSR count). The average molecular weight is 498 g/mol. The first-order valence-electron chi connectivity index (χ1n) is 10.2. The Morgan fingerprint density at radius 1 is 1.21 bits per heavy atom. The van der Waals surface area contributed by atoms with Crippen molar-refractivity contribution in [3.05, 3.63) is 41.5 Å². The SMILES string of the molecule is CCNC(=NCCC(=O)NC(C)CC)N1CCC(=Cc2ccccc2)CC1.I. The van der Waals surface area contributed by atoms with E-state index in [1.807, 2.05) is 13.0 Å². The van der Waals surface area contributed by atoms with Gasteiger partial charge in [0.1, 0.15) is 0 Å². The number of hydrogen-bond acceptors (Lipinski definition) is 2. The molecule has 5 nitrogen and oxygen atoms in total. The number of guanidine groups is 1. The third-order valence-electron chi connectivity index (χ3n) is 4.83. The van der Waals surface area contributed by atoms with E-state index in [-0.39, 0.29) is 35.9 Å². The van der Waals surface area contributed by atoms with Gasteiger partial charge in [0.2, 0.25) is 5.91 Å². The molecule has 1 heterocycles. The summed E-state index contributed by atoms with van der Waals surface area (Å²) in [5.74, 6) is 1.00. The smallest absolute Gasteiger partial charge is 0.222 e. The van der Waals surface area contributed by atoms with E-state index in [1.54, 1.807) is 0 Å². The van der Waals surface area contributed by atoms with Gasteiger partial charge in [-0.1, -0.05) is 48.9 Å². The van der Waals surface area contributed by atoms with Crippen molar-refractivity contribution in [2.75, 3.05) is 26.2 Å². The van der Waals surface area contributed by atoms with Crippen molar-refractivity contribution in [3.63, 3.8) is 0 Å². The van der Waals surface area contributed by atoms with E-state index in [0.29, 0.717) is 13.0 Å². The number of piperidine rings is 1. The highest BCUT2D eigenvalue weighted by molar-refractivity contribution is 14.0. The van der Waals surface area contributed by atoms with Crippen LogP contribution < -0.4 is 10.6 Å². The van der Waals surface area contributed by atoms with E-state index in [4.69, 9.17) is 0 Å². The number of amides is 1. The molecule has 1 fully saturated rings. The van der Waals surface area contributed by atoms with Crippen molar-refractivity contribution >= 4 is 41.9 Å². The molecule has 2 N–H and O–H groups in total. The lowest BCUT2D eigenvalue weighted by Crippen LogP contribution is -2.44. The Kier molecular flexibility index (Phi) is 11.9. The van der Waals surface area contributed by atoms with Crippen molar-refractivity contribution in [2.45, 2.75) is 52.5 Å². The highest BCUT2D eigenvalue weighted by Crippen LogP contribution is 2.19. The van der Waals surface area contributed by atoms with E-state index in [9.17, 15) is 4.79 Å². The van der Waals surface area contributed by atoms with Gasteiger partial charge in [-0.3, -0.25) is 9.79 Å². The van der Waals surface area contributed by atoms with Gasteiger partial charge in [-0.2, -0.15) is 0 Å². The summed E-state index contributed by atoms with van der Waals surface area (Å²) in [6.45, 7) is 9.46. The largest absolute Gasteiger partial charge is 0.357 e. The summed E-state index contributed by atoms with van der Waals surface area (Å²) in [7, 11) is 0. The maximum atomic E-state index is 11.9. The van der Waals surface area contributed by atoms with Crippen molar-refractivity contribution in [1.29, 1.82) is 0 Å². The minimum Gasteiger partial charge on any atom is -0.357 e. The first-order valence-corrected chi connectivity index (χ1v) is 10.2. The van der Waals surface area contributed by atoms with E-state index in [2.05, 4.69) is 64.7 Å². The van der Waals surface area contributed by atoms with Gasteiger partial charge >= 0.3 is 0 Å². The van der Waals surface area contributed by atoms with Gasteiger partial charge in [0.25, 0.3) is 0 Å². The summed E-state index contributed by atoms with van der Waals surface area (Å²) in [5.41, 5.74) is 2.76. The second-order valence-electron chi connectivity index (χ2n) is 7.06. The molecule has 0 aromatic heterocycles. The third kappa shape index (κ3) is 8.63. The van der Waals surface area contributed by atoms with E-state index in [0.717, 1.165) is 44.9 Å². The Balaban J connectivity index is 0.00000392. The Labute approximate surface area is 187 Å². The molecule has 1 atom stereocenters. The number of carbonyl (C=O) groups excluding carboxylic acids is 1. The van der Waals surface area contributed by atoms with Crippen molar-refractivity contribution in [2.24, 2.45) is 4.99 Å². The molecule has 1 saturated heterocycles.